The smallest absolute Gasteiger partial charge is 0.221 e. The average molecular weight is 346 g/mol. The van der Waals surface area contributed by atoms with Crippen LogP contribution in [-0.2, 0) is 14.8 Å². The fraction of sp³-hybridized carbons (Fsp3) is 0.812. The van der Waals surface area contributed by atoms with Gasteiger partial charge < -0.3 is 10.2 Å². The minimum atomic E-state index is -3.28. The van der Waals surface area contributed by atoms with Gasteiger partial charge in [0.25, 0.3) is 0 Å². The Bertz CT molecular complexity index is 501. The first-order valence-corrected chi connectivity index (χ1v) is 10.2. The van der Waals surface area contributed by atoms with Crippen LogP contribution in [0.3, 0.4) is 0 Å². The third-order valence-corrected chi connectivity index (χ3v) is 5.31. The van der Waals surface area contributed by atoms with E-state index in [1.165, 1.54) is 29.0 Å². The third-order valence-electron chi connectivity index (χ3n) is 4.01. The van der Waals surface area contributed by atoms with Crippen LogP contribution in [0.1, 0.15) is 38.5 Å². The first kappa shape index (κ1) is 20.1. The van der Waals surface area contributed by atoms with Crippen molar-refractivity contribution in [3.63, 3.8) is 0 Å². The molecule has 0 atom stereocenters. The summed E-state index contributed by atoms with van der Waals surface area (Å²) in [6.07, 6.45) is 9.02. The molecule has 7 heteroatoms. The summed E-state index contributed by atoms with van der Waals surface area (Å²) < 4.78 is 25.2. The van der Waals surface area contributed by atoms with E-state index in [-0.39, 0.29) is 18.9 Å². The molecule has 0 heterocycles. The summed E-state index contributed by atoms with van der Waals surface area (Å²) in [6.45, 7) is 2.07. The molecule has 1 aliphatic rings. The number of allylic oxidation sites excluding steroid dienone is 1. The lowest BCUT2D eigenvalue weighted by Crippen LogP contribution is -2.37. The average Bonchev–Trinajstić information content (AvgIpc) is 2.46. The Hall–Kier alpha value is -0.920. The molecule has 1 rings (SSSR count). The molecule has 134 valence electrons. The van der Waals surface area contributed by atoms with Gasteiger partial charge in [0, 0.05) is 32.6 Å². The van der Waals surface area contributed by atoms with Crippen LogP contribution >= 0.6 is 0 Å². The molecule has 0 aromatic heterocycles. The van der Waals surface area contributed by atoms with Gasteiger partial charge in [0.05, 0.1) is 6.26 Å². The van der Waals surface area contributed by atoms with E-state index in [9.17, 15) is 13.2 Å². The molecule has 1 N–H and O–H groups in total. The maximum Gasteiger partial charge on any atom is 0.221 e. The van der Waals surface area contributed by atoms with Gasteiger partial charge in [-0.1, -0.05) is 11.6 Å². The number of carbonyl (C=O) groups is 1. The van der Waals surface area contributed by atoms with Crippen LogP contribution in [0.15, 0.2) is 11.6 Å². The Morgan fingerprint density at radius 1 is 1.22 bits per heavy atom. The number of carbonyl (C=O) groups excluding carboxylic acids is 1. The highest BCUT2D eigenvalue weighted by Gasteiger charge is 2.18. The van der Waals surface area contributed by atoms with Gasteiger partial charge in [-0.05, 0) is 46.2 Å². The van der Waals surface area contributed by atoms with Crippen molar-refractivity contribution < 1.29 is 13.2 Å². The van der Waals surface area contributed by atoms with E-state index >= 15 is 0 Å². The Balaban J connectivity index is 2.39. The van der Waals surface area contributed by atoms with Crippen molar-refractivity contribution in [3.8, 4) is 0 Å². The number of nitrogens with zero attached hydrogens (tertiary/aromatic N) is 2. The molecular formula is C16H31N3O3S. The highest BCUT2D eigenvalue weighted by Crippen LogP contribution is 2.20. The SMILES string of the molecule is CN(C)CCNC(=O)CCN(CCC1=CCCCC1)S(C)(=O)=O. The van der Waals surface area contributed by atoms with Crippen molar-refractivity contribution in [1.82, 2.24) is 14.5 Å². The molecule has 0 spiro atoms. The van der Waals surface area contributed by atoms with Crippen molar-refractivity contribution in [3.05, 3.63) is 11.6 Å². The van der Waals surface area contributed by atoms with Crippen molar-refractivity contribution in [2.75, 3.05) is 46.5 Å². The molecule has 0 unspecified atom stereocenters. The second-order valence-corrected chi connectivity index (χ2v) is 8.41. The number of hydrogen-bond donors (Lipinski definition) is 1. The lowest BCUT2D eigenvalue weighted by atomic mass is 9.97. The largest absolute Gasteiger partial charge is 0.355 e. The molecular weight excluding hydrogens is 314 g/mol. The normalized spacial score (nSPS) is 15.8. The predicted octanol–water partition coefficient (Wildman–Crippen LogP) is 1.21. The molecule has 0 radical (unpaired) electrons. The summed E-state index contributed by atoms with van der Waals surface area (Å²) in [7, 11) is 0.606. The van der Waals surface area contributed by atoms with Crippen LogP contribution in [0.5, 0.6) is 0 Å². The second-order valence-electron chi connectivity index (χ2n) is 6.42. The van der Waals surface area contributed by atoms with E-state index in [0.29, 0.717) is 13.1 Å². The van der Waals surface area contributed by atoms with E-state index in [1.54, 1.807) is 0 Å². The van der Waals surface area contributed by atoms with E-state index in [4.69, 9.17) is 0 Å². The van der Waals surface area contributed by atoms with Crippen LogP contribution in [-0.4, -0.2) is 70.1 Å². The summed E-state index contributed by atoms with van der Waals surface area (Å²) in [5, 5.41) is 2.81. The van der Waals surface area contributed by atoms with E-state index in [1.807, 2.05) is 19.0 Å². The number of nitrogens with one attached hydrogen (secondary N) is 1. The van der Waals surface area contributed by atoms with E-state index in [0.717, 1.165) is 25.8 Å². The van der Waals surface area contributed by atoms with Crippen molar-refractivity contribution in [2.45, 2.75) is 38.5 Å². The fourth-order valence-electron chi connectivity index (χ4n) is 2.58. The minimum absolute atomic E-state index is 0.0996. The molecule has 0 aliphatic heterocycles. The van der Waals surface area contributed by atoms with Gasteiger partial charge >= 0.3 is 0 Å². The summed E-state index contributed by atoms with van der Waals surface area (Å²) in [5.74, 6) is -0.0996. The molecule has 0 aromatic rings. The zero-order valence-electron chi connectivity index (χ0n) is 14.7. The summed E-state index contributed by atoms with van der Waals surface area (Å²) in [5.41, 5.74) is 1.35. The van der Waals surface area contributed by atoms with E-state index < -0.39 is 10.0 Å². The zero-order valence-corrected chi connectivity index (χ0v) is 15.5. The molecule has 1 aliphatic carbocycles. The van der Waals surface area contributed by atoms with Crippen LogP contribution in [0, 0.1) is 0 Å². The van der Waals surface area contributed by atoms with Gasteiger partial charge in [0.1, 0.15) is 0 Å². The van der Waals surface area contributed by atoms with Crippen LogP contribution in [0.2, 0.25) is 0 Å². The standard InChI is InChI=1S/C16H31N3O3S/c1-18(2)14-11-17-16(20)10-13-19(23(3,21)22)12-9-15-7-5-4-6-8-15/h7H,4-6,8-14H2,1-3H3,(H,17,20). The summed E-state index contributed by atoms with van der Waals surface area (Å²) >= 11 is 0. The molecule has 23 heavy (non-hydrogen) atoms. The van der Waals surface area contributed by atoms with Crippen molar-refractivity contribution in [1.29, 1.82) is 0 Å². The third kappa shape index (κ3) is 9.07. The zero-order chi connectivity index (χ0) is 17.3. The Morgan fingerprint density at radius 3 is 2.52 bits per heavy atom. The van der Waals surface area contributed by atoms with Gasteiger partial charge in [-0.15, -0.1) is 0 Å². The van der Waals surface area contributed by atoms with Crippen LogP contribution in [0.25, 0.3) is 0 Å². The summed E-state index contributed by atoms with van der Waals surface area (Å²) in [6, 6.07) is 0. The quantitative estimate of drug-likeness (QED) is 0.604. The second kappa shape index (κ2) is 10.1. The highest BCUT2D eigenvalue weighted by atomic mass is 32.2. The van der Waals surface area contributed by atoms with Gasteiger partial charge in [-0.3, -0.25) is 4.79 Å². The van der Waals surface area contributed by atoms with Crippen LogP contribution in [0.4, 0.5) is 0 Å². The Kier molecular flexibility index (Phi) is 8.79. The van der Waals surface area contributed by atoms with Gasteiger partial charge in [-0.25, -0.2) is 12.7 Å². The van der Waals surface area contributed by atoms with Crippen molar-refractivity contribution >= 4 is 15.9 Å². The van der Waals surface area contributed by atoms with Gasteiger partial charge in [0.15, 0.2) is 0 Å². The molecule has 0 saturated carbocycles. The number of amides is 1. The fourth-order valence-corrected chi connectivity index (χ4v) is 3.42. The van der Waals surface area contributed by atoms with Gasteiger partial charge in [-0.2, -0.15) is 0 Å². The first-order valence-electron chi connectivity index (χ1n) is 8.33. The Morgan fingerprint density at radius 2 is 1.96 bits per heavy atom. The topological polar surface area (TPSA) is 69.7 Å². The highest BCUT2D eigenvalue weighted by molar-refractivity contribution is 7.88. The minimum Gasteiger partial charge on any atom is -0.355 e. The maximum atomic E-state index is 11.9. The van der Waals surface area contributed by atoms with E-state index in [2.05, 4.69) is 11.4 Å². The molecule has 1 amide bonds. The van der Waals surface area contributed by atoms with Crippen LogP contribution < -0.4 is 5.32 Å². The molecule has 0 fully saturated rings. The number of rotatable bonds is 10. The lowest BCUT2D eigenvalue weighted by molar-refractivity contribution is -0.121. The van der Waals surface area contributed by atoms with Crippen molar-refractivity contribution in [2.24, 2.45) is 0 Å². The Labute approximate surface area is 141 Å². The maximum absolute atomic E-state index is 11.9. The number of likely N-dealkylation sites (N-methyl/N-ethyl adjacent to an activating group) is 1. The molecule has 0 aromatic carbocycles. The van der Waals surface area contributed by atoms with Gasteiger partial charge in [0.2, 0.25) is 15.9 Å². The predicted molar refractivity (Wildman–Crippen MR) is 93.8 cm³/mol. The first-order chi connectivity index (χ1) is 10.8. The molecule has 0 saturated heterocycles. The molecule has 6 nitrogen and oxygen atoms in total. The lowest BCUT2D eigenvalue weighted by Gasteiger charge is -2.21. The molecule has 0 bridgehead atoms. The monoisotopic (exact) mass is 345 g/mol. The number of hydrogen-bond acceptors (Lipinski definition) is 4. The number of sulfonamides is 1. The summed E-state index contributed by atoms with van der Waals surface area (Å²) in [4.78, 5) is 13.8.